The van der Waals surface area contributed by atoms with Crippen molar-refractivity contribution < 1.29 is 19.4 Å². The standard InChI is InChI=1S/C14H19NO4/c1-18-12-6-4-11(5-7-12)15-8-10-19-13(14(15)17)3-2-9-16/h4-7,13,16H,2-3,8-10H2,1H3. The number of hydrogen-bond donors (Lipinski definition) is 1. The third kappa shape index (κ3) is 3.24. The molecule has 1 aliphatic heterocycles. The van der Waals surface area contributed by atoms with Gasteiger partial charge in [0.25, 0.3) is 5.91 Å². The Kier molecular flexibility index (Phi) is 4.76. The van der Waals surface area contributed by atoms with Crippen molar-refractivity contribution in [2.24, 2.45) is 0 Å². The average Bonchev–Trinajstić information content (AvgIpc) is 2.46. The topological polar surface area (TPSA) is 59.0 Å². The number of aliphatic hydroxyl groups is 1. The number of ether oxygens (including phenoxy) is 2. The molecular weight excluding hydrogens is 246 g/mol. The third-order valence-corrected chi connectivity index (χ3v) is 3.18. The number of amides is 1. The molecule has 1 atom stereocenters. The highest BCUT2D eigenvalue weighted by Gasteiger charge is 2.29. The van der Waals surface area contributed by atoms with Crippen molar-refractivity contribution in [1.82, 2.24) is 0 Å². The minimum atomic E-state index is -0.442. The zero-order chi connectivity index (χ0) is 13.7. The predicted molar refractivity (Wildman–Crippen MR) is 71.4 cm³/mol. The van der Waals surface area contributed by atoms with Gasteiger partial charge >= 0.3 is 0 Å². The Morgan fingerprint density at radius 2 is 2.16 bits per heavy atom. The fourth-order valence-electron chi connectivity index (χ4n) is 2.14. The predicted octanol–water partition coefficient (Wildman–Crippen LogP) is 1.20. The first-order valence-corrected chi connectivity index (χ1v) is 6.44. The van der Waals surface area contributed by atoms with Crippen LogP contribution in [0.15, 0.2) is 24.3 Å². The number of methoxy groups -OCH3 is 1. The zero-order valence-electron chi connectivity index (χ0n) is 11.0. The fraction of sp³-hybridized carbons (Fsp3) is 0.500. The molecule has 19 heavy (non-hydrogen) atoms. The molecule has 2 rings (SSSR count). The van der Waals surface area contributed by atoms with Gasteiger partial charge in [-0.1, -0.05) is 0 Å². The van der Waals surface area contributed by atoms with Crippen LogP contribution >= 0.6 is 0 Å². The van der Waals surface area contributed by atoms with E-state index in [1.54, 1.807) is 12.0 Å². The maximum Gasteiger partial charge on any atom is 0.256 e. The molecule has 1 aromatic carbocycles. The number of carbonyl (C=O) groups is 1. The molecule has 5 nitrogen and oxygen atoms in total. The summed E-state index contributed by atoms with van der Waals surface area (Å²) in [7, 11) is 1.61. The number of rotatable bonds is 5. The molecule has 0 aromatic heterocycles. The maximum atomic E-state index is 12.3. The highest BCUT2D eigenvalue weighted by atomic mass is 16.5. The first kappa shape index (κ1) is 13.8. The molecule has 0 spiro atoms. The highest BCUT2D eigenvalue weighted by Crippen LogP contribution is 2.23. The number of aliphatic hydroxyl groups excluding tert-OH is 1. The summed E-state index contributed by atoms with van der Waals surface area (Å²) in [6.45, 7) is 1.16. The lowest BCUT2D eigenvalue weighted by Gasteiger charge is -2.32. The van der Waals surface area contributed by atoms with E-state index in [9.17, 15) is 4.79 Å². The van der Waals surface area contributed by atoms with Crippen molar-refractivity contribution in [1.29, 1.82) is 0 Å². The summed E-state index contributed by atoms with van der Waals surface area (Å²) in [6.07, 6.45) is 0.692. The van der Waals surface area contributed by atoms with Crippen molar-refractivity contribution in [2.75, 3.05) is 31.8 Å². The number of morpholine rings is 1. The second-order valence-corrected chi connectivity index (χ2v) is 4.41. The van der Waals surface area contributed by atoms with Gasteiger partial charge in [0, 0.05) is 18.8 Å². The summed E-state index contributed by atoms with van der Waals surface area (Å²) in [4.78, 5) is 14.0. The van der Waals surface area contributed by atoms with Crippen molar-refractivity contribution >= 4 is 11.6 Å². The van der Waals surface area contributed by atoms with E-state index in [1.807, 2.05) is 24.3 Å². The number of anilines is 1. The van der Waals surface area contributed by atoms with Crippen LogP contribution in [0.3, 0.4) is 0 Å². The fourth-order valence-corrected chi connectivity index (χ4v) is 2.14. The molecular formula is C14H19NO4. The number of nitrogens with zero attached hydrogens (tertiary/aromatic N) is 1. The quantitative estimate of drug-likeness (QED) is 0.869. The molecule has 0 radical (unpaired) electrons. The maximum absolute atomic E-state index is 12.3. The van der Waals surface area contributed by atoms with Crippen molar-refractivity contribution in [3.8, 4) is 5.75 Å². The van der Waals surface area contributed by atoms with E-state index in [1.165, 1.54) is 0 Å². The Morgan fingerprint density at radius 1 is 1.42 bits per heavy atom. The highest BCUT2D eigenvalue weighted by molar-refractivity contribution is 5.97. The van der Waals surface area contributed by atoms with Gasteiger partial charge in [0.1, 0.15) is 11.9 Å². The second kappa shape index (κ2) is 6.54. The molecule has 0 bridgehead atoms. The molecule has 1 heterocycles. The van der Waals surface area contributed by atoms with Gasteiger partial charge in [-0.15, -0.1) is 0 Å². The van der Waals surface area contributed by atoms with Gasteiger partial charge in [-0.2, -0.15) is 0 Å². The van der Waals surface area contributed by atoms with Gasteiger partial charge in [-0.05, 0) is 37.1 Å². The summed E-state index contributed by atoms with van der Waals surface area (Å²) in [5.41, 5.74) is 0.850. The number of benzene rings is 1. The summed E-state index contributed by atoms with van der Waals surface area (Å²) >= 11 is 0. The Balaban J connectivity index is 2.07. The van der Waals surface area contributed by atoms with Crippen molar-refractivity contribution in [3.63, 3.8) is 0 Å². The molecule has 1 fully saturated rings. The lowest BCUT2D eigenvalue weighted by Crippen LogP contribution is -2.47. The third-order valence-electron chi connectivity index (χ3n) is 3.18. The SMILES string of the molecule is COc1ccc(N2CCOC(CCCO)C2=O)cc1. The van der Waals surface area contributed by atoms with Gasteiger partial charge in [-0.25, -0.2) is 0 Å². The summed E-state index contributed by atoms with van der Waals surface area (Å²) < 4.78 is 10.6. The molecule has 5 heteroatoms. The molecule has 1 aromatic rings. The van der Waals surface area contributed by atoms with Crippen LogP contribution in [0, 0.1) is 0 Å². The van der Waals surface area contributed by atoms with Crippen LogP contribution in [0.25, 0.3) is 0 Å². The normalized spacial score (nSPS) is 19.6. The zero-order valence-corrected chi connectivity index (χ0v) is 11.0. The van der Waals surface area contributed by atoms with E-state index in [0.29, 0.717) is 26.0 Å². The molecule has 1 amide bonds. The lowest BCUT2D eigenvalue weighted by molar-refractivity contribution is -0.134. The minimum Gasteiger partial charge on any atom is -0.497 e. The Hall–Kier alpha value is -1.59. The molecule has 1 aliphatic rings. The van der Waals surface area contributed by atoms with Crippen LogP contribution in [0.1, 0.15) is 12.8 Å². The van der Waals surface area contributed by atoms with E-state index < -0.39 is 6.10 Å². The Bertz CT molecular complexity index is 418. The Labute approximate surface area is 112 Å². The first-order valence-electron chi connectivity index (χ1n) is 6.44. The van der Waals surface area contributed by atoms with E-state index >= 15 is 0 Å². The molecule has 1 saturated heterocycles. The monoisotopic (exact) mass is 265 g/mol. The van der Waals surface area contributed by atoms with Crippen LogP contribution in [0.4, 0.5) is 5.69 Å². The molecule has 1 unspecified atom stereocenters. The molecule has 104 valence electrons. The number of hydrogen-bond acceptors (Lipinski definition) is 4. The van der Waals surface area contributed by atoms with Crippen LogP contribution < -0.4 is 9.64 Å². The molecule has 0 aliphatic carbocycles. The van der Waals surface area contributed by atoms with Gasteiger partial charge < -0.3 is 19.5 Å². The molecule has 0 saturated carbocycles. The van der Waals surface area contributed by atoms with Gasteiger partial charge in [-0.3, -0.25) is 4.79 Å². The summed E-state index contributed by atoms with van der Waals surface area (Å²) in [5.74, 6) is 0.728. The largest absolute Gasteiger partial charge is 0.497 e. The number of carbonyl (C=O) groups excluding carboxylic acids is 1. The summed E-state index contributed by atoms with van der Waals surface area (Å²) in [5, 5.41) is 8.83. The van der Waals surface area contributed by atoms with Crippen LogP contribution in [0.2, 0.25) is 0 Å². The van der Waals surface area contributed by atoms with Gasteiger partial charge in [0.05, 0.1) is 13.7 Å². The van der Waals surface area contributed by atoms with Gasteiger partial charge in [0.2, 0.25) is 0 Å². The second-order valence-electron chi connectivity index (χ2n) is 4.41. The van der Waals surface area contributed by atoms with Gasteiger partial charge in [0.15, 0.2) is 0 Å². The smallest absolute Gasteiger partial charge is 0.256 e. The van der Waals surface area contributed by atoms with E-state index in [4.69, 9.17) is 14.6 Å². The van der Waals surface area contributed by atoms with E-state index in [-0.39, 0.29) is 12.5 Å². The van der Waals surface area contributed by atoms with Crippen LogP contribution in [-0.4, -0.2) is 44.0 Å². The van der Waals surface area contributed by atoms with Crippen LogP contribution in [-0.2, 0) is 9.53 Å². The summed E-state index contributed by atoms with van der Waals surface area (Å²) in [6, 6.07) is 7.40. The first-order chi connectivity index (χ1) is 9.26. The lowest BCUT2D eigenvalue weighted by atomic mass is 10.1. The van der Waals surface area contributed by atoms with Crippen molar-refractivity contribution in [3.05, 3.63) is 24.3 Å². The molecule has 1 N–H and O–H groups in total. The van der Waals surface area contributed by atoms with E-state index in [2.05, 4.69) is 0 Å². The average molecular weight is 265 g/mol. The van der Waals surface area contributed by atoms with Crippen LogP contribution in [0.5, 0.6) is 5.75 Å². The minimum absolute atomic E-state index is 0.0372. The Morgan fingerprint density at radius 3 is 2.79 bits per heavy atom. The van der Waals surface area contributed by atoms with Crippen molar-refractivity contribution in [2.45, 2.75) is 18.9 Å². The van der Waals surface area contributed by atoms with E-state index in [0.717, 1.165) is 11.4 Å².